The molecular formula is C13H18ClNO3. The molecule has 0 heterocycles. The predicted molar refractivity (Wildman–Crippen MR) is 71.8 cm³/mol. The number of ether oxygens (including phenoxy) is 2. The van der Waals surface area contributed by atoms with Gasteiger partial charge in [-0.3, -0.25) is 4.79 Å². The van der Waals surface area contributed by atoms with Gasteiger partial charge in [0.25, 0.3) is 5.91 Å². The molecule has 0 N–H and O–H groups in total. The Bertz CT molecular complexity index is 400. The first-order valence-electron chi connectivity index (χ1n) is 5.59. The van der Waals surface area contributed by atoms with Crippen molar-refractivity contribution in [2.24, 2.45) is 0 Å². The molecule has 5 heteroatoms. The monoisotopic (exact) mass is 271 g/mol. The van der Waals surface area contributed by atoms with E-state index in [-0.39, 0.29) is 11.9 Å². The Morgan fingerprint density at radius 2 is 1.78 bits per heavy atom. The Morgan fingerprint density at radius 3 is 2.17 bits per heavy atom. The van der Waals surface area contributed by atoms with E-state index in [1.807, 2.05) is 6.92 Å². The SMILES string of the molecule is COc1cc(OC)cc(C(=O)N(C)C(C)CCl)c1. The molecule has 0 bridgehead atoms. The third kappa shape index (κ3) is 3.29. The van der Waals surface area contributed by atoms with Crippen LogP contribution in [0, 0.1) is 0 Å². The molecule has 1 atom stereocenters. The summed E-state index contributed by atoms with van der Waals surface area (Å²) in [6.07, 6.45) is 0. The number of hydrogen-bond donors (Lipinski definition) is 0. The highest BCUT2D eigenvalue weighted by atomic mass is 35.5. The van der Waals surface area contributed by atoms with E-state index in [2.05, 4.69) is 0 Å². The van der Waals surface area contributed by atoms with Gasteiger partial charge in [0, 0.05) is 30.6 Å². The van der Waals surface area contributed by atoms with Gasteiger partial charge >= 0.3 is 0 Å². The van der Waals surface area contributed by atoms with E-state index >= 15 is 0 Å². The second-order valence-corrected chi connectivity index (χ2v) is 4.33. The summed E-state index contributed by atoms with van der Waals surface area (Å²) in [7, 11) is 4.82. The van der Waals surface area contributed by atoms with Crippen LogP contribution in [-0.4, -0.2) is 44.0 Å². The van der Waals surface area contributed by atoms with Crippen molar-refractivity contribution < 1.29 is 14.3 Å². The quantitative estimate of drug-likeness (QED) is 0.772. The maximum absolute atomic E-state index is 12.2. The molecule has 1 aromatic rings. The number of carbonyl (C=O) groups excluding carboxylic acids is 1. The smallest absolute Gasteiger partial charge is 0.254 e. The van der Waals surface area contributed by atoms with Gasteiger partial charge in [0.05, 0.1) is 14.2 Å². The second kappa shape index (κ2) is 6.50. The van der Waals surface area contributed by atoms with Crippen molar-refractivity contribution in [2.75, 3.05) is 27.1 Å². The van der Waals surface area contributed by atoms with Crippen molar-refractivity contribution in [3.63, 3.8) is 0 Å². The zero-order chi connectivity index (χ0) is 13.7. The van der Waals surface area contributed by atoms with Crippen LogP contribution in [0.5, 0.6) is 11.5 Å². The molecule has 0 aliphatic carbocycles. The van der Waals surface area contributed by atoms with Crippen molar-refractivity contribution in [1.29, 1.82) is 0 Å². The zero-order valence-electron chi connectivity index (χ0n) is 11.1. The fourth-order valence-corrected chi connectivity index (χ4v) is 1.65. The number of hydrogen-bond acceptors (Lipinski definition) is 3. The molecule has 100 valence electrons. The molecule has 4 nitrogen and oxygen atoms in total. The topological polar surface area (TPSA) is 38.8 Å². The molecule has 1 aromatic carbocycles. The lowest BCUT2D eigenvalue weighted by atomic mass is 10.1. The van der Waals surface area contributed by atoms with Crippen LogP contribution >= 0.6 is 11.6 Å². The van der Waals surface area contributed by atoms with E-state index in [0.29, 0.717) is 22.9 Å². The predicted octanol–water partition coefficient (Wildman–Crippen LogP) is 2.40. The normalized spacial score (nSPS) is 11.8. The average Bonchev–Trinajstić information content (AvgIpc) is 2.43. The van der Waals surface area contributed by atoms with Crippen LogP contribution in [0.25, 0.3) is 0 Å². The summed E-state index contributed by atoms with van der Waals surface area (Å²) in [6, 6.07) is 5.06. The van der Waals surface area contributed by atoms with Gasteiger partial charge in [0.1, 0.15) is 11.5 Å². The van der Waals surface area contributed by atoms with Crippen LogP contribution < -0.4 is 9.47 Å². The van der Waals surface area contributed by atoms with Gasteiger partial charge in [0.15, 0.2) is 0 Å². The van der Waals surface area contributed by atoms with Gasteiger partial charge in [-0.25, -0.2) is 0 Å². The molecule has 0 radical (unpaired) electrons. The zero-order valence-corrected chi connectivity index (χ0v) is 11.8. The number of halogens is 1. The number of alkyl halides is 1. The average molecular weight is 272 g/mol. The van der Waals surface area contributed by atoms with Crippen LogP contribution in [0.15, 0.2) is 18.2 Å². The Morgan fingerprint density at radius 1 is 1.28 bits per heavy atom. The van der Waals surface area contributed by atoms with Gasteiger partial charge in [-0.15, -0.1) is 11.6 Å². The van der Waals surface area contributed by atoms with Gasteiger partial charge in [0.2, 0.25) is 0 Å². The first-order chi connectivity index (χ1) is 8.53. The van der Waals surface area contributed by atoms with E-state index in [4.69, 9.17) is 21.1 Å². The van der Waals surface area contributed by atoms with Crippen molar-refractivity contribution in [3.8, 4) is 11.5 Å². The third-order valence-corrected chi connectivity index (χ3v) is 3.25. The molecule has 0 saturated carbocycles. The number of benzene rings is 1. The molecule has 0 spiro atoms. The molecule has 0 aliphatic heterocycles. The summed E-state index contributed by atoms with van der Waals surface area (Å²) in [6.45, 7) is 1.89. The van der Waals surface area contributed by atoms with E-state index in [1.54, 1.807) is 44.4 Å². The molecule has 1 unspecified atom stereocenters. The van der Waals surface area contributed by atoms with E-state index in [0.717, 1.165) is 0 Å². The number of carbonyl (C=O) groups is 1. The Hall–Kier alpha value is -1.42. The van der Waals surface area contributed by atoms with E-state index < -0.39 is 0 Å². The maximum atomic E-state index is 12.2. The number of methoxy groups -OCH3 is 2. The minimum absolute atomic E-state index is 0.0311. The van der Waals surface area contributed by atoms with Crippen LogP contribution in [0.2, 0.25) is 0 Å². The summed E-state index contributed by atoms with van der Waals surface area (Å²) < 4.78 is 10.3. The van der Waals surface area contributed by atoms with Gasteiger partial charge in [-0.05, 0) is 19.1 Å². The molecule has 0 aliphatic rings. The first kappa shape index (κ1) is 14.6. The highest BCUT2D eigenvalue weighted by Crippen LogP contribution is 2.23. The minimum Gasteiger partial charge on any atom is -0.497 e. The first-order valence-corrected chi connectivity index (χ1v) is 6.13. The fourth-order valence-electron chi connectivity index (χ4n) is 1.44. The lowest BCUT2D eigenvalue weighted by Crippen LogP contribution is -2.36. The molecule has 0 aromatic heterocycles. The van der Waals surface area contributed by atoms with Gasteiger partial charge in [-0.2, -0.15) is 0 Å². The van der Waals surface area contributed by atoms with Gasteiger partial charge in [-0.1, -0.05) is 0 Å². The van der Waals surface area contributed by atoms with Crippen molar-refractivity contribution >= 4 is 17.5 Å². The standard InChI is InChI=1S/C13H18ClNO3/c1-9(8-14)15(2)13(16)10-5-11(17-3)7-12(6-10)18-4/h5-7,9H,8H2,1-4H3. The summed E-state index contributed by atoms with van der Waals surface area (Å²) in [5.74, 6) is 1.46. The Labute approximate surface area is 112 Å². The van der Waals surface area contributed by atoms with Gasteiger partial charge < -0.3 is 14.4 Å². The van der Waals surface area contributed by atoms with Crippen LogP contribution in [0.1, 0.15) is 17.3 Å². The largest absolute Gasteiger partial charge is 0.497 e. The van der Waals surface area contributed by atoms with Crippen molar-refractivity contribution in [3.05, 3.63) is 23.8 Å². The highest BCUT2D eigenvalue weighted by Gasteiger charge is 2.18. The summed E-state index contributed by atoms with van der Waals surface area (Å²) in [5, 5.41) is 0. The van der Waals surface area contributed by atoms with Crippen molar-refractivity contribution in [2.45, 2.75) is 13.0 Å². The molecule has 18 heavy (non-hydrogen) atoms. The molecular weight excluding hydrogens is 254 g/mol. The number of amides is 1. The maximum Gasteiger partial charge on any atom is 0.254 e. The number of rotatable bonds is 5. The molecule has 0 fully saturated rings. The third-order valence-electron chi connectivity index (χ3n) is 2.80. The lowest BCUT2D eigenvalue weighted by molar-refractivity contribution is 0.0756. The summed E-state index contributed by atoms with van der Waals surface area (Å²) >= 11 is 5.75. The van der Waals surface area contributed by atoms with Crippen LogP contribution in [0.4, 0.5) is 0 Å². The molecule has 1 amide bonds. The highest BCUT2D eigenvalue weighted by molar-refractivity contribution is 6.18. The Kier molecular flexibility index (Phi) is 5.28. The van der Waals surface area contributed by atoms with E-state index in [1.165, 1.54) is 0 Å². The summed E-state index contributed by atoms with van der Waals surface area (Å²) in [4.78, 5) is 13.8. The van der Waals surface area contributed by atoms with E-state index in [9.17, 15) is 4.79 Å². The lowest BCUT2D eigenvalue weighted by Gasteiger charge is -2.23. The second-order valence-electron chi connectivity index (χ2n) is 4.02. The fraction of sp³-hybridized carbons (Fsp3) is 0.462. The minimum atomic E-state index is -0.111. The van der Waals surface area contributed by atoms with Crippen molar-refractivity contribution in [1.82, 2.24) is 4.90 Å². The number of nitrogens with zero attached hydrogens (tertiary/aromatic N) is 1. The molecule has 1 rings (SSSR count). The van der Waals surface area contributed by atoms with Crippen LogP contribution in [-0.2, 0) is 0 Å². The summed E-state index contributed by atoms with van der Waals surface area (Å²) in [5.41, 5.74) is 0.519. The molecule has 0 saturated heterocycles. The van der Waals surface area contributed by atoms with Crippen LogP contribution in [0.3, 0.4) is 0 Å². The Balaban J connectivity index is 3.04.